The smallest absolute Gasteiger partial charge is 0.306 e. The topological polar surface area (TPSA) is 97.3 Å². The Morgan fingerprint density at radius 3 is 2.18 bits per heavy atom. The second-order valence-corrected chi connectivity index (χ2v) is 12.2. The van der Waals surface area contributed by atoms with Crippen molar-refractivity contribution in [3.63, 3.8) is 0 Å². The molecule has 0 aromatic heterocycles. The molecule has 0 atom stereocenters. The molecule has 2 aliphatic rings. The zero-order valence-electron chi connectivity index (χ0n) is 26.3. The number of esters is 1. The highest BCUT2D eigenvalue weighted by atomic mass is 19.1. The summed E-state index contributed by atoms with van der Waals surface area (Å²) in [6, 6.07) is 21.0. The van der Waals surface area contributed by atoms with Gasteiger partial charge in [-0.2, -0.15) is 0 Å². The summed E-state index contributed by atoms with van der Waals surface area (Å²) in [5, 5.41) is 8.34. The summed E-state index contributed by atoms with van der Waals surface area (Å²) in [5.41, 5.74) is 2.54. The number of aryl methyl sites for hydroxylation is 1. The largest absolute Gasteiger partial charge is 0.466 e. The molecule has 1 aliphatic heterocycles. The van der Waals surface area contributed by atoms with Crippen molar-refractivity contribution in [3.8, 4) is 0 Å². The minimum Gasteiger partial charge on any atom is -0.466 e. The summed E-state index contributed by atoms with van der Waals surface area (Å²) >= 11 is 0. The van der Waals surface area contributed by atoms with Crippen LogP contribution in [-0.2, 0) is 43.2 Å². The van der Waals surface area contributed by atoms with Gasteiger partial charge in [-0.05, 0) is 68.1 Å². The third kappa shape index (κ3) is 11.2. The monoisotopic (exact) mass is 615 g/mol. The van der Waals surface area contributed by atoms with Gasteiger partial charge in [-0.15, -0.1) is 5.10 Å². The molecule has 0 unspecified atom stereocenters. The second kappa shape index (κ2) is 16.0. The molecule has 5 rings (SSSR count). The molecule has 1 saturated carbocycles. The molecule has 1 heterocycles. The van der Waals surface area contributed by atoms with E-state index in [1.54, 1.807) is 39.0 Å². The zero-order chi connectivity index (χ0) is 32.2. The molecule has 1 N–H and O–H groups in total. The lowest BCUT2D eigenvalue weighted by Crippen LogP contribution is -2.36. The number of carbonyl (C=O) groups excluding carboxylic acids is 3. The highest BCUT2D eigenvalue weighted by molar-refractivity contribution is 5.98. The maximum atomic E-state index is 14.4. The van der Waals surface area contributed by atoms with Gasteiger partial charge in [0.25, 0.3) is 5.91 Å². The highest BCUT2D eigenvalue weighted by Gasteiger charge is 2.23. The number of rotatable bonds is 9. The van der Waals surface area contributed by atoms with E-state index in [0.29, 0.717) is 17.9 Å². The van der Waals surface area contributed by atoms with Gasteiger partial charge in [0, 0.05) is 12.0 Å². The van der Waals surface area contributed by atoms with Gasteiger partial charge >= 0.3 is 5.97 Å². The fourth-order valence-corrected chi connectivity index (χ4v) is 4.91. The summed E-state index contributed by atoms with van der Waals surface area (Å²) in [7, 11) is 0. The van der Waals surface area contributed by atoms with Crippen molar-refractivity contribution < 1.29 is 28.2 Å². The third-order valence-electron chi connectivity index (χ3n) is 7.17. The van der Waals surface area contributed by atoms with E-state index in [0.717, 1.165) is 16.7 Å². The van der Waals surface area contributed by atoms with Crippen molar-refractivity contribution in [2.45, 2.75) is 84.3 Å². The molecule has 0 spiro atoms. The Morgan fingerprint density at radius 2 is 1.53 bits per heavy atom. The fraction of sp³-hybridized carbons (Fsp3) is 0.389. The number of benzene rings is 3. The molecule has 1 aliphatic carbocycles. The molecule has 9 heteroatoms. The first-order valence-corrected chi connectivity index (χ1v) is 15.5. The van der Waals surface area contributed by atoms with Crippen LogP contribution in [0.2, 0.25) is 0 Å². The van der Waals surface area contributed by atoms with E-state index in [9.17, 15) is 18.8 Å². The summed E-state index contributed by atoms with van der Waals surface area (Å²) in [6.45, 7) is 5.55. The van der Waals surface area contributed by atoms with Crippen LogP contribution in [0.15, 0.2) is 77.9 Å². The first-order valence-electron chi connectivity index (χ1n) is 15.5. The number of halogens is 1. The van der Waals surface area contributed by atoms with Gasteiger partial charge in [0.1, 0.15) is 11.4 Å². The Morgan fingerprint density at radius 1 is 0.911 bits per heavy atom. The fourth-order valence-electron chi connectivity index (χ4n) is 4.91. The number of nitrogens with zero attached hydrogens (tertiary/aromatic N) is 2. The maximum Gasteiger partial charge on any atom is 0.306 e. The van der Waals surface area contributed by atoms with Crippen LogP contribution in [0.1, 0.15) is 81.5 Å². The number of anilines is 1. The quantitative estimate of drug-likeness (QED) is 0.263. The minimum atomic E-state index is -0.572. The van der Waals surface area contributed by atoms with Crippen LogP contribution in [0, 0.1) is 5.82 Å². The Hall–Kier alpha value is -4.53. The number of hydrazone groups is 1. The van der Waals surface area contributed by atoms with Crippen LogP contribution in [-0.4, -0.2) is 40.9 Å². The van der Waals surface area contributed by atoms with Gasteiger partial charge in [0.15, 0.2) is 6.61 Å². The Labute approximate surface area is 264 Å². The van der Waals surface area contributed by atoms with Crippen molar-refractivity contribution in [1.82, 2.24) is 5.01 Å². The normalized spacial score (nSPS) is 14.5. The van der Waals surface area contributed by atoms with Crippen LogP contribution in [0.25, 0.3) is 0 Å². The molecule has 2 amide bonds. The van der Waals surface area contributed by atoms with E-state index in [1.165, 1.54) is 49.2 Å². The number of ether oxygens (including phenoxy) is 2. The molecule has 1 fully saturated rings. The summed E-state index contributed by atoms with van der Waals surface area (Å²) < 4.78 is 25.2. The van der Waals surface area contributed by atoms with Crippen LogP contribution >= 0.6 is 0 Å². The molecule has 0 radical (unpaired) electrons. The minimum absolute atomic E-state index is 0.0364. The summed E-state index contributed by atoms with van der Waals surface area (Å²) in [5.74, 6) is -1.15. The first-order chi connectivity index (χ1) is 21.6. The van der Waals surface area contributed by atoms with E-state index in [1.807, 2.05) is 42.5 Å². The number of nitrogens with one attached hydrogen (secondary N) is 1. The Kier molecular flexibility index (Phi) is 11.8. The lowest BCUT2D eigenvalue weighted by Gasteiger charge is -2.24. The Balaban J connectivity index is 0.000000838. The third-order valence-corrected chi connectivity index (χ3v) is 7.17. The van der Waals surface area contributed by atoms with Gasteiger partial charge in [-0.25, -0.2) is 9.40 Å². The van der Waals surface area contributed by atoms with Gasteiger partial charge in [-0.3, -0.25) is 14.4 Å². The van der Waals surface area contributed by atoms with Crippen LogP contribution in [0.4, 0.5) is 10.1 Å². The number of carbonyl (C=O) groups is 3. The molecule has 238 valence electrons. The average Bonchev–Trinajstić information content (AvgIpc) is 3.60. The van der Waals surface area contributed by atoms with Gasteiger partial charge < -0.3 is 14.8 Å². The summed E-state index contributed by atoms with van der Waals surface area (Å²) in [4.78, 5) is 37.0. The van der Waals surface area contributed by atoms with E-state index in [-0.39, 0.29) is 49.5 Å². The van der Waals surface area contributed by atoms with Crippen molar-refractivity contribution in [2.75, 3.05) is 11.9 Å². The first kappa shape index (κ1) is 33.4. The molecule has 3 aromatic carbocycles. The highest BCUT2D eigenvalue weighted by Crippen LogP contribution is 2.20. The number of hydrogen-bond donors (Lipinski definition) is 1. The van der Waals surface area contributed by atoms with Crippen LogP contribution in [0.3, 0.4) is 0 Å². The van der Waals surface area contributed by atoms with Gasteiger partial charge in [0.05, 0.1) is 18.7 Å². The van der Waals surface area contributed by atoms with E-state index >= 15 is 0 Å². The van der Waals surface area contributed by atoms with Crippen LogP contribution in [0.5, 0.6) is 0 Å². The standard InChI is InChI=1S/C31H32FN3O5.C5H10/c1-31(2,3)40-29(38)16-14-21-13-15-25(32)26(17-21)33-27(36)18-22-9-11-23(12-10-22)19-35-28(37)20-39-30(34-35)24-7-5-4-6-8-24;1-2-4-5-3-1/h4-13,15,17H,14,16,18-20H2,1-3H3,(H,33,36);1-5H2. The molecule has 45 heavy (non-hydrogen) atoms. The van der Waals surface area contributed by atoms with E-state index in [2.05, 4.69) is 10.4 Å². The molecular formula is C36H42FN3O5. The predicted octanol–water partition coefficient (Wildman–Crippen LogP) is 6.95. The number of hydrogen-bond acceptors (Lipinski definition) is 6. The van der Waals surface area contributed by atoms with Crippen molar-refractivity contribution in [2.24, 2.45) is 5.10 Å². The van der Waals surface area contributed by atoms with E-state index in [4.69, 9.17) is 9.47 Å². The van der Waals surface area contributed by atoms with Gasteiger partial charge in [0.2, 0.25) is 11.8 Å². The van der Waals surface area contributed by atoms with Crippen molar-refractivity contribution >= 4 is 29.4 Å². The Bertz CT molecular complexity index is 1470. The maximum absolute atomic E-state index is 14.4. The SMILES string of the molecule is C1CCCC1.CC(C)(C)OC(=O)CCc1ccc(F)c(NC(=O)Cc2ccc(CN3N=C(c4ccccc4)OCC3=O)cc2)c1. The second-order valence-electron chi connectivity index (χ2n) is 12.2. The lowest BCUT2D eigenvalue weighted by atomic mass is 10.1. The molecule has 3 aromatic rings. The van der Waals surface area contributed by atoms with Crippen molar-refractivity contribution in [1.29, 1.82) is 0 Å². The summed E-state index contributed by atoms with van der Waals surface area (Å²) in [6.07, 6.45) is 8.05. The molecule has 0 saturated heterocycles. The zero-order valence-corrected chi connectivity index (χ0v) is 26.3. The van der Waals surface area contributed by atoms with Gasteiger partial charge in [-0.1, -0.05) is 80.6 Å². The average molecular weight is 616 g/mol. The predicted molar refractivity (Wildman–Crippen MR) is 172 cm³/mol. The molecular weight excluding hydrogens is 573 g/mol. The van der Waals surface area contributed by atoms with Crippen LogP contribution < -0.4 is 5.32 Å². The lowest BCUT2D eigenvalue weighted by molar-refractivity contribution is -0.154. The molecule has 8 nitrogen and oxygen atoms in total. The van der Waals surface area contributed by atoms with Crippen molar-refractivity contribution in [3.05, 3.63) is 101 Å². The van der Waals surface area contributed by atoms with E-state index < -0.39 is 11.4 Å². The molecule has 0 bridgehead atoms. The number of amides is 2.